The van der Waals surface area contributed by atoms with Gasteiger partial charge in [-0.3, -0.25) is 4.79 Å². The molecule has 1 saturated heterocycles. The Bertz CT molecular complexity index is 436. The Labute approximate surface area is 121 Å². The number of benzene rings is 1. The van der Waals surface area contributed by atoms with Crippen LogP contribution in [0.25, 0.3) is 0 Å². The van der Waals surface area contributed by atoms with Gasteiger partial charge < -0.3 is 10.2 Å². The average Bonchev–Trinajstić information content (AvgIpc) is 2.35. The SMILES string of the molecule is Cc1ccccc1CC(=O)N1CC(C)NCC1C.Cl. The molecule has 3 nitrogen and oxygen atoms in total. The van der Waals surface area contributed by atoms with Crippen LogP contribution in [0, 0.1) is 6.92 Å². The number of carbonyl (C=O) groups excluding carboxylic acids is 1. The van der Waals surface area contributed by atoms with Gasteiger partial charge in [0.05, 0.1) is 6.42 Å². The summed E-state index contributed by atoms with van der Waals surface area (Å²) in [6, 6.07) is 8.80. The van der Waals surface area contributed by atoms with E-state index in [1.807, 2.05) is 23.1 Å². The zero-order chi connectivity index (χ0) is 13.1. The van der Waals surface area contributed by atoms with Gasteiger partial charge in [-0.2, -0.15) is 0 Å². The number of carbonyl (C=O) groups is 1. The lowest BCUT2D eigenvalue weighted by atomic mass is 10.0. The first-order chi connectivity index (χ1) is 8.58. The molecule has 4 heteroatoms. The predicted octanol–water partition coefficient (Wildman–Crippen LogP) is 2.17. The van der Waals surface area contributed by atoms with Crippen LogP contribution in [0.2, 0.25) is 0 Å². The molecule has 2 unspecified atom stereocenters. The summed E-state index contributed by atoms with van der Waals surface area (Å²) in [5.74, 6) is 0.241. The van der Waals surface area contributed by atoms with Gasteiger partial charge >= 0.3 is 0 Å². The van der Waals surface area contributed by atoms with Crippen LogP contribution in [-0.2, 0) is 11.2 Å². The molecule has 0 radical (unpaired) electrons. The molecule has 0 aromatic heterocycles. The maximum absolute atomic E-state index is 12.4. The molecule has 1 aliphatic heterocycles. The van der Waals surface area contributed by atoms with Crippen LogP contribution < -0.4 is 5.32 Å². The molecular formula is C15H23ClN2O. The van der Waals surface area contributed by atoms with Gasteiger partial charge in [0.1, 0.15) is 0 Å². The third kappa shape index (κ3) is 3.95. The number of hydrogen-bond donors (Lipinski definition) is 1. The summed E-state index contributed by atoms with van der Waals surface area (Å²) in [6.45, 7) is 7.99. The summed E-state index contributed by atoms with van der Waals surface area (Å²) in [6.07, 6.45) is 0.518. The average molecular weight is 283 g/mol. The highest BCUT2D eigenvalue weighted by molar-refractivity contribution is 5.85. The second-order valence-electron chi connectivity index (χ2n) is 5.31. The van der Waals surface area contributed by atoms with Crippen molar-refractivity contribution in [1.82, 2.24) is 10.2 Å². The summed E-state index contributed by atoms with van der Waals surface area (Å²) in [5, 5.41) is 3.40. The van der Waals surface area contributed by atoms with Crippen molar-refractivity contribution in [3.63, 3.8) is 0 Å². The fraction of sp³-hybridized carbons (Fsp3) is 0.533. The van der Waals surface area contributed by atoms with E-state index in [4.69, 9.17) is 0 Å². The molecule has 1 fully saturated rings. The molecule has 0 aliphatic carbocycles. The predicted molar refractivity (Wildman–Crippen MR) is 80.8 cm³/mol. The molecule has 106 valence electrons. The zero-order valence-electron chi connectivity index (χ0n) is 11.8. The third-order valence-corrected chi connectivity index (χ3v) is 3.69. The van der Waals surface area contributed by atoms with E-state index in [1.165, 1.54) is 5.56 Å². The molecule has 1 aromatic carbocycles. The highest BCUT2D eigenvalue weighted by Crippen LogP contribution is 2.13. The Morgan fingerprint density at radius 1 is 1.37 bits per heavy atom. The molecular weight excluding hydrogens is 260 g/mol. The van der Waals surface area contributed by atoms with Gasteiger partial charge in [-0.25, -0.2) is 0 Å². The van der Waals surface area contributed by atoms with Crippen LogP contribution >= 0.6 is 12.4 Å². The van der Waals surface area contributed by atoms with Crippen molar-refractivity contribution in [2.75, 3.05) is 13.1 Å². The molecule has 0 bridgehead atoms. The molecule has 1 aliphatic rings. The zero-order valence-corrected chi connectivity index (χ0v) is 12.7. The fourth-order valence-electron chi connectivity index (χ4n) is 2.44. The largest absolute Gasteiger partial charge is 0.337 e. The molecule has 0 spiro atoms. The minimum absolute atomic E-state index is 0. The Morgan fingerprint density at radius 3 is 2.74 bits per heavy atom. The minimum Gasteiger partial charge on any atom is -0.337 e. The Balaban J connectivity index is 0.00000180. The summed E-state index contributed by atoms with van der Waals surface area (Å²) in [5.41, 5.74) is 2.34. The van der Waals surface area contributed by atoms with Crippen LogP contribution in [0.3, 0.4) is 0 Å². The number of rotatable bonds is 2. The van der Waals surface area contributed by atoms with E-state index in [0.29, 0.717) is 12.5 Å². The van der Waals surface area contributed by atoms with Crippen molar-refractivity contribution >= 4 is 18.3 Å². The highest BCUT2D eigenvalue weighted by atomic mass is 35.5. The second-order valence-corrected chi connectivity index (χ2v) is 5.31. The molecule has 2 atom stereocenters. The van der Waals surface area contributed by atoms with Crippen molar-refractivity contribution in [1.29, 1.82) is 0 Å². The Kier molecular flexibility index (Phi) is 5.83. The normalized spacial score (nSPS) is 22.8. The van der Waals surface area contributed by atoms with Crippen molar-refractivity contribution in [2.24, 2.45) is 0 Å². The number of nitrogens with one attached hydrogen (secondary N) is 1. The van der Waals surface area contributed by atoms with Crippen molar-refractivity contribution in [3.8, 4) is 0 Å². The van der Waals surface area contributed by atoms with Crippen molar-refractivity contribution < 1.29 is 4.79 Å². The van der Waals surface area contributed by atoms with Crippen LogP contribution in [0.15, 0.2) is 24.3 Å². The van der Waals surface area contributed by atoms with E-state index in [2.05, 4.69) is 32.2 Å². The maximum atomic E-state index is 12.4. The molecule has 0 saturated carbocycles. The van der Waals surface area contributed by atoms with E-state index in [-0.39, 0.29) is 24.4 Å². The molecule has 2 rings (SSSR count). The number of nitrogens with zero attached hydrogens (tertiary/aromatic N) is 1. The first-order valence-electron chi connectivity index (χ1n) is 6.65. The second kappa shape index (κ2) is 6.92. The smallest absolute Gasteiger partial charge is 0.227 e. The van der Waals surface area contributed by atoms with Gasteiger partial charge in [-0.1, -0.05) is 24.3 Å². The van der Waals surface area contributed by atoms with E-state index in [1.54, 1.807) is 0 Å². The monoisotopic (exact) mass is 282 g/mol. The Morgan fingerprint density at radius 2 is 2.05 bits per heavy atom. The van der Waals surface area contributed by atoms with E-state index >= 15 is 0 Å². The number of halogens is 1. The topological polar surface area (TPSA) is 32.3 Å². The van der Waals surface area contributed by atoms with Crippen LogP contribution in [0.5, 0.6) is 0 Å². The molecule has 1 heterocycles. The number of hydrogen-bond acceptors (Lipinski definition) is 2. The minimum atomic E-state index is 0. The lowest BCUT2D eigenvalue weighted by Gasteiger charge is -2.37. The van der Waals surface area contributed by atoms with Crippen LogP contribution in [0.1, 0.15) is 25.0 Å². The van der Waals surface area contributed by atoms with Gasteiger partial charge in [0.2, 0.25) is 5.91 Å². The molecule has 1 N–H and O–H groups in total. The van der Waals surface area contributed by atoms with Gasteiger partial charge in [0.25, 0.3) is 0 Å². The highest BCUT2D eigenvalue weighted by Gasteiger charge is 2.26. The van der Waals surface area contributed by atoms with Gasteiger partial charge in [-0.05, 0) is 31.9 Å². The summed E-state index contributed by atoms with van der Waals surface area (Å²) < 4.78 is 0. The van der Waals surface area contributed by atoms with Gasteiger partial charge in [-0.15, -0.1) is 12.4 Å². The van der Waals surface area contributed by atoms with Crippen molar-refractivity contribution in [3.05, 3.63) is 35.4 Å². The number of amides is 1. The van der Waals surface area contributed by atoms with Gasteiger partial charge in [0, 0.05) is 25.2 Å². The molecule has 1 aromatic rings. The quantitative estimate of drug-likeness (QED) is 0.902. The fourth-order valence-corrected chi connectivity index (χ4v) is 2.44. The first kappa shape index (κ1) is 16.0. The van der Waals surface area contributed by atoms with E-state index in [9.17, 15) is 4.79 Å². The molecule has 19 heavy (non-hydrogen) atoms. The number of aryl methyl sites for hydroxylation is 1. The first-order valence-corrected chi connectivity index (χ1v) is 6.65. The maximum Gasteiger partial charge on any atom is 0.227 e. The summed E-state index contributed by atoms with van der Waals surface area (Å²) in [7, 11) is 0. The standard InChI is InChI=1S/C15H22N2O.ClH/c1-11-6-4-5-7-14(11)8-15(18)17-10-12(2)16-9-13(17)3;/h4-7,12-13,16H,8-10H2,1-3H3;1H. The third-order valence-electron chi connectivity index (χ3n) is 3.69. The summed E-state index contributed by atoms with van der Waals surface area (Å²) in [4.78, 5) is 14.4. The summed E-state index contributed by atoms with van der Waals surface area (Å²) >= 11 is 0. The molecule has 1 amide bonds. The van der Waals surface area contributed by atoms with E-state index < -0.39 is 0 Å². The van der Waals surface area contributed by atoms with Gasteiger partial charge in [0.15, 0.2) is 0 Å². The van der Waals surface area contributed by atoms with Crippen LogP contribution in [0.4, 0.5) is 0 Å². The lowest BCUT2D eigenvalue weighted by molar-refractivity contribution is -0.133. The Hall–Kier alpha value is -1.06. The lowest BCUT2D eigenvalue weighted by Crippen LogP contribution is -2.56. The van der Waals surface area contributed by atoms with E-state index in [0.717, 1.165) is 18.7 Å². The number of piperazine rings is 1. The van der Waals surface area contributed by atoms with Crippen LogP contribution in [-0.4, -0.2) is 36.0 Å². The van der Waals surface area contributed by atoms with Crippen molar-refractivity contribution in [2.45, 2.75) is 39.3 Å².